The Morgan fingerprint density at radius 3 is 2.33 bits per heavy atom. The van der Waals surface area contributed by atoms with Gasteiger partial charge in [0.25, 0.3) is 0 Å². The lowest BCUT2D eigenvalue weighted by atomic mass is 10.0. The highest BCUT2D eigenvalue weighted by Gasteiger charge is 2.11. The fraction of sp³-hybridized carbons (Fsp3) is 0.250. The van der Waals surface area contributed by atoms with Crippen LogP contribution < -0.4 is 4.74 Å². The predicted molar refractivity (Wildman–Crippen MR) is 79.7 cm³/mol. The number of para-hydroxylation sites is 1. The zero-order chi connectivity index (χ0) is 12.8. The van der Waals surface area contributed by atoms with Gasteiger partial charge in [0.1, 0.15) is 5.75 Å². The highest BCUT2D eigenvalue weighted by molar-refractivity contribution is 9.09. The van der Waals surface area contributed by atoms with Gasteiger partial charge in [-0.05, 0) is 24.1 Å². The molecule has 2 heteroatoms. The molecule has 0 N–H and O–H groups in total. The Kier molecular flexibility index (Phi) is 4.82. The molecule has 0 bridgehead atoms. The second-order valence-corrected chi connectivity index (χ2v) is 4.99. The maximum atomic E-state index is 5.91. The van der Waals surface area contributed by atoms with Gasteiger partial charge in [-0.2, -0.15) is 0 Å². The molecular formula is C16H17BrO. The molecule has 94 valence electrons. The minimum atomic E-state index is 0.380. The second kappa shape index (κ2) is 6.60. The van der Waals surface area contributed by atoms with E-state index in [2.05, 4.69) is 53.2 Å². The lowest BCUT2D eigenvalue weighted by Gasteiger charge is -2.16. The number of alkyl halides is 1. The van der Waals surface area contributed by atoms with E-state index in [4.69, 9.17) is 4.74 Å². The molecule has 0 aliphatic carbocycles. The van der Waals surface area contributed by atoms with E-state index in [1.165, 1.54) is 11.1 Å². The Hall–Kier alpha value is -1.28. The van der Waals surface area contributed by atoms with Gasteiger partial charge in [0.2, 0.25) is 0 Å². The summed E-state index contributed by atoms with van der Waals surface area (Å²) in [5.74, 6) is 1.35. The van der Waals surface area contributed by atoms with Crippen molar-refractivity contribution < 1.29 is 4.74 Å². The molecule has 0 radical (unpaired) electrons. The van der Waals surface area contributed by atoms with Crippen molar-refractivity contribution >= 4 is 15.9 Å². The molecule has 0 aromatic heterocycles. The molecule has 0 heterocycles. The van der Waals surface area contributed by atoms with Crippen molar-refractivity contribution in [1.29, 1.82) is 0 Å². The van der Waals surface area contributed by atoms with Gasteiger partial charge < -0.3 is 4.74 Å². The first-order valence-corrected chi connectivity index (χ1v) is 7.22. The molecule has 0 saturated carbocycles. The Morgan fingerprint density at radius 2 is 1.67 bits per heavy atom. The van der Waals surface area contributed by atoms with E-state index in [0.717, 1.165) is 11.1 Å². The number of rotatable bonds is 5. The summed E-state index contributed by atoms with van der Waals surface area (Å²) in [5.41, 5.74) is 2.49. The summed E-state index contributed by atoms with van der Waals surface area (Å²) in [7, 11) is 0. The maximum Gasteiger partial charge on any atom is 0.122 e. The Labute approximate surface area is 117 Å². The third kappa shape index (κ3) is 3.36. The highest BCUT2D eigenvalue weighted by Crippen LogP contribution is 2.22. The molecule has 0 amide bonds. The molecule has 1 atom stereocenters. The van der Waals surface area contributed by atoms with Gasteiger partial charge in [0.05, 0.1) is 6.61 Å². The summed E-state index contributed by atoms with van der Waals surface area (Å²) in [6, 6.07) is 18.6. The minimum absolute atomic E-state index is 0.380. The standard InChI is InChI=1S/C16H17BrO/c1-13-7-5-6-10-16(13)18-12-15(11-17)14-8-3-2-4-9-14/h2-10,15H,11-12H2,1H3. The van der Waals surface area contributed by atoms with E-state index in [1.54, 1.807) is 0 Å². The van der Waals surface area contributed by atoms with Crippen LogP contribution in [0.2, 0.25) is 0 Å². The Bertz CT molecular complexity index is 481. The monoisotopic (exact) mass is 304 g/mol. The average Bonchev–Trinajstić information content (AvgIpc) is 2.42. The summed E-state index contributed by atoms with van der Waals surface area (Å²) in [5, 5.41) is 0.906. The molecule has 0 aliphatic rings. The summed E-state index contributed by atoms with van der Waals surface area (Å²) < 4.78 is 5.91. The van der Waals surface area contributed by atoms with Gasteiger partial charge in [0, 0.05) is 11.2 Å². The van der Waals surface area contributed by atoms with Gasteiger partial charge in [0.15, 0.2) is 0 Å². The molecular weight excluding hydrogens is 288 g/mol. The molecule has 2 aromatic rings. The van der Waals surface area contributed by atoms with Crippen molar-refractivity contribution in [3.63, 3.8) is 0 Å². The molecule has 1 nitrogen and oxygen atoms in total. The van der Waals surface area contributed by atoms with Crippen molar-refractivity contribution in [3.8, 4) is 5.75 Å². The number of aryl methyl sites for hydroxylation is 1. The molecule has 0 spiro atoms. The van der Waals surface area contributed by atoms with E-state index in [9.17, 15) is 0 Å². The summed E-state index contributed by atoms with van der Waals surface area (Å²) in [6.07, 6.45) is 0. The molecule has 1 unspecified atom stereocenters. The number of hydrogen-bond acceptors (Lipinski definition) is 1. The molecule has 18 heavy (non-hydrogen) atoms. The van der Waals surface area contributed by atoms with E-state index in [1.807, 2.05) is 24.3 Å². The van der Waals surface area contributed by atoms with Crippen LogP contribution in [0.1, 0.15) is 17.0 Å². The largest absolute Gasteiger partial charge is 0.493 e. The fourth-order valence-electron chi connectivity index (χ4n) is 1.86. The second-order valence-electron chi connectivity index (χ2n) is 4.34. The third-order valence-electron chi connectivity index (χ3n) is 2.99. The number of hydrogen-bond donors (Lipinski definition) is 0. The van der Waals surface area contributed by atoms with Crippen LogP contribution in [-0.4, -0.2) is 11.9 Å². The van der Waals surface area contributed by atoms with Crippen molar-refractivity contribution in [2.24, 2.45) is 0 Å². The zero-order valence-electron chi connectivity index (χ0n) is 10.5. The van der Waals surface area contributed by atoms with Gasteiger partial charge in [-0.15, -0.1) is 0 Å². The van der Waals surface area contributed by atoms with Gasteiger partial charge in [-0.25, -0.2) is 0 Å². The molecule has 0 fully saturated rings. The smallest absolute Gasteiger partial charge is 0.122 e. The highest BCUT2D eigenvalue weighted by atomic mass is 79.9. The van der Waals surface area contributed by atoms with Crippen LogP contribution in [0.3, 0.4) is 0 Å². The van der Waals surface area contributed by atoms with Crippen molar-refractivity contribution in [2.75, 3.05) is 11.9 Å². The van der Waals surface area contributed by atoms with Gasteiger partial charge in [-0.3, -0.25) is 0 Å². The average molecular weight is 305 g/mol. The topological polar surface area (TPSA) is 9.23 Å². The number of ether oxygens (including phenoxy) is 1. The first-order valence-electron chi connectivity index (χ1n) is 6.10. The van der Waals surface area contributed by atoms with E-state index in [0.29, 0.717) is 12.5 Å². The first kappa shape index (κ1) is 13.2. The lowest BCUT2D eigenvalue weighted by molar-refractivity contribution is 0.296. The van der Waals surface area contributed by atoms with Gasteiger partial charge >= 0.3 is 0 Å². The molecule has 0 saturated heterocycles. The van der Waals surface area contributed by atoms with E-state index < -0.39 is 0 Å². The SMILES string of the molecule is Cc1ccccc1OCC(CBr)c1ccccc1. The van der Waals surface area contributed by atoms with E-state index >= 15 is 0 Å². The quantitative estimate of drug-likeness (QED) is 0.736. The summed E-state index contributed by atoms with van der Waals surface area (Å²) >= 11 is 3.56. The minimum Gasteiger partial charge on any atom is -0.493 e. The van der Waals surface area contributed by atoms with Crippen LogP contribution >= 0.6 is 15.9 Å². The molecule has 2 rings (SSSR count). The van der Waals surface area contributed by atoms with Crippen molar-refractivity contribution in [3.05, 3.63) is 65.7 Å². The lowest BCUT2D eigenvalue weighted by Crippen LogP contribution is -2.12. The van der Waals surface area contributed by atoms with Crippen molar-refractivity contribution in [2.45, 2.75) is 12.8 Å². The van der Waals surface area contributed by atoms with Crippen LogP contribution in [0.4, 0.5) is 0 Å². The fourth-order valence-corrected chi connectivity index (χ4v) is 2.42. The Morgan fingerprint density at radius 1 is 1.00 bits per heavy atom. The normalized spacial score (nSPS) is 12.1. The first-order chi connectivity index (χ1) is 8.81. The molecule has 0 aliphatic heterocycles. The predicted octanol–water partition coefficient (Wildman–Crippen LogP) is 4.55. The van der Waals surface area contributed by atoms with Crippen LogP contribution in [0.5, 0.6) is 5.75 Å². The van der Waals surface area contributed by atoms with Gasteiger partial charge in [-0.1, -0.05) is 64.5 Å². The number of halogens is 1. The maximum absolute atomic E-state index is 5.91. The van der Waals surface area contributed by atoms with E-state index in [-0.39, 0.29) is 0 Å². The molecule has 2 aromatic carbocycles. The summed E-state index contributed by atoms with van der Waals surface area (Å²) in [4.78, 5) is 0. The van der Waals surface area contributed by atoms with Crippen molar-refractivity contribution in [1.82, 2.24) is 0 Å². The van der Waals surface area contributed by atoms with Crippen LogP contribution in [0.25, 0.3) is 0 Å². The Balaban J connectivity index is 2.02. The number of benzene rings is 2. The van der Waals surface area contributed by atoms with Crippen LogP contribution in [0, 0.1) is 6.92 Å². The third-order valence-corrected chi connectivity index (χ3v) is 3.77. The van der Waals surface area contributed by atoms with Crippen LogP contribution in [-0.2, 0) is 0 Å². The summed E-state index contributed by atoms with van der Waals surface area (Å²) in [6.45, 7) is 2.76. The zero-order valence-corrected chi connectivity index (χ0v) is 12.1. The van der Waals surface area contributed by atoms with Crippen LogP contribution in [0.15, 0.2) is 54.6 Å².